The second kappa shape index (κ2) is 16.1. The van der Waals surface area contributed by atoms with Gasteiger partial charge in [0.25, 0.3) is 0 Å². The molecule has 0 radical (unpaired) electrons. The molecule has 11 nitrogen and oxygen atoms in total. The summed E-state index contributed by atoms with van der Waals surface area (Å²) in [6.45, 7) is 2.56. The monoisotopic (exact) mass is 608 g/mol. The summed E-state index contributed by atoms with van der Waals surface area (Å²) in [5.41, 5.74) is -1.48. The molecule has 0 heterocycles. The van der Waals surface area contributed by atoms with E-state index in [2.05, 4.69) is 10.2 Å². The molecule has 236 valence electrons. The number of hydrogen-bond acceptors (Lipinski definition) is 10. The minimum atomic E-state index is -2.93. The molecule has 0 saturated heterocycles. The van der Waals surface area contributed by atoms with Crippen molar-refractivity contribution in [2.45, 2.75) is 56.6 Å². The lowest BCUT2D eigenvalue weighted by Crippen LogP contribution is -2.62. The van der Waals surface area contributed by atoms with Crippen molar-refractivity contribution in [3.63, 3.8) is 0 Å². The molecule has 1 amide bonds. The number of alkyl carbamates (subject to hydrolysis) is 1. The first-order chi connectivity index (χ1) is 21.0. The highest BCUT2D eigenvalue weighted by Gasteiger charge is 2.57. The van der Waals surface area contributed by atoms with Crippen LogP contribution >= 0.6 is 0 Å². The first-order valence-electron chi connectivity index (χ1n) is 14.3. The molecule has 44 heavy (non-hydrogen) atoms. The Morgan fingerprint density at radius 2 is 1.36 bits per heavy atom. The van der Waals surface area contributed by atoms with Crippen LogP contribution in [0.3, 0.4) is 0 Å². The predicted octanol–water partition coefficient (Wildman–Crippen LogP) is 2.21. The van der Waals surface area contributed by atoms with Crippen LogP contribution in [-0.4, -0.2) is 68.7 Å². The van der Waals surface area contributed by atoms with Crippen LogP contribution < -0.4 is 11.2 Å². The summed E-state index contributed by atoms with van der Waals surface area (Å²) in [5, 5.41) is 47.6. The molecule has 0 bridgehead atoms. The van der Waals surface area contributed by atoms with Crippen LogP contribution in [0.4, 0.5) is 4.79 Å². The van der Waals surface area contributed by atoms with E-state index >= 15 is 0 Å². The summed E-state index contributed by atoms with van der Waals surface area (Å²) in [6.07, 6.45) is -5.40. The Bertz CT molecular complexity index is 1300. The summed E-state index contributed by atoms with van der Waals surface area (Å²) >= 11 is 0. The third kappa shape index (κ3) is 8.28. The molecule has 0 saturated carbocycles. The highest BCUT2D eigenvalue weighted by atomic mass is 16.7. The zero-order chi connectivity index (χ0) is 32.3. The summed E-state index contributed by atoms with van der Waals surface area (Å²) < 4.78 is 5.25. The van der Waals surface area contributed by atoms with E-state index < -0.39 is 60.1 Å². The standard InChI is InChI=1S/C33H40N2O9/c1-21(2)18-26(35-32(41)43-20-22-12-6-3-7-13-22)28(37)25(19-36)29(38)30(39)33(42,31(40)44-34)27(23-14-8-4-9-15-23)24-16-10-5-11-17-24/h3-17,21,25-27,29-30,36,38-39,42H,18-20,34H2,1-2H3,(H,35,41)/t25-,26+,29-,30-,33+/m1/s1. The van der Waals surface area contributed by atoms with Crippen molar-refractivity contribution in [3.8, 4) is 0 Å². The van der Waals surface area contributed by atoms with Gasteiger partial charge in [-0.25, -0.2) is 9.59 Å². The topological polar surface area (TPSA) is 189 Å². The molecule has 0 aromatic heterocycles. The van der Waals surface area contributed by atoms with Gasteiger partial charge in [-0.05, 0) is 29.0 Å². The molecule has 3 aromatic rings. The first-order valence-corrected chi connectivity index (χ1v) is 14.3. The van der Waals surface area contributed by atoms with E-state index in [4.69, 9.17) is 10.6 Å². The van der Waals surface area contributed by atoms with E-state index in [0.717, 1.165) is 5.56 Å². The van der Waals surface area contributed by atoms with Gasteiger partial charge < -0.3 is 35.3 Å². The summed E-state index contributed by atoms with van der Waals surface area (Å²) in [7, 11) is 0. The molecule has 11 heteroatoms. The van der Waals surface area contributed by atoms with E-state index in [-0.39, 0.29) is 18.9 Å². The summed E-state index contributed by atoms with van der Waals surface area (Å²) in [6, 6.07) is 24.1. The Labute approximate surface area is 256 Å². The lowest BCUT2D eigenvalue weighted by atomic mass is 9.71. The molecular formula is C33H40N2O9. The normalized spacial score (nSPS) is 15.5. The SMILES string of the molecule is CC(C)C[C@H](NC(=O)OCc1ccccc1)C(=O)[C@@H](CO)[C@@H](O)[C@@H](O)[C@](O)(C(=O)ON)C(c1ccccc1)c1ccccc1. The number of nitrogens with two attached hydrogens (primary N) is 1. The fraction of sp³-hybridized carbons (Fsp3) is 0.364. The maximum Gasteiger partial charge on any atom is 0.408 e. The molecule has 0 fully saturated rings. The molecule has 7 N–H and O–H groups in total. The molecule has 0 aliphatic carbocycles. The van der Waals surface area contributed by atoms with Gasteiger partial charge >= 0.3 is 12.1 Å². The molecule has 0 spiro atoms. The van der Waals surface area contributed by atoms with Gasteiger partial charge in [-0.3, -0.25) is 4.79 Å². The average Bonchev–Trinajstić information content (AvgIpc) is 3.04. The number of aliphatic hydroxyl groups is 4. The van der Waals surface area contributed by atoms with Crippen molar-refractivity contribution < 1.29 is 44.4 Å². The Morgan fingerprint density at radius 3 is 1.82 bits per heavy atom. The average molecular weight is 609 g/mol. The maximum atomic E-state index is 13.7. The van der Waals surface area contributed by atoms with Crippen molar-refractivity contribution in [1.82, 2.24) is 5.32 Å². The molecule has 0 unspecified atom stereocenters. The highest BCUT2D eigenvalue weighted by Crippen LogP contribution is 2.40. The second-order valence-corrected chi connectivity index (χ2v) is 11.0. The third-order valence-corrected chi connectivity index (χ3v) is 7.44. The smallest absolute Gasteiger partial charge is 0.408 e. The second-order valence-electron chi connectivity index (χ2n) is 11.0. The predicted molar refractivity (Wildman–Crippen MR) is 161 cm³/mol. The van der Waals surface area contributed by atoms with Crippen molar-refractivity contribution in [2.24, 2.45) is 17.7 Å². The van der Waals surface area contributed by atoms with E-state index in [1.54, 1.807) is 98.8 Å². The Morgan fingerprint density at radius 1 is 0.864 bits per heavy atom. The number of nitrogens with one attached hydrogen (secondary N) is 1. The van der Waals surface area contributed by atoms with Gasteiger partial charge in [-0.2, -0.15) is 5.90 Å². The van der Waals surface area contributed by atoms with E-state index in [1.807, 2.05) is 6.07 Å². The minimum absolute atomic E-state index is 0.0609. The number of amides is 1. The molecular weight excluding hydrogens is 568 g/mol. The maximum absolute atomic E-state index is 13.7. The van der Waals surface area contributed by atoms with Gasteiger partial charge in [0.2, 0.25) is 5.60 Å². The molecule has 0 aliphatic rings. The number of hydrogen-bond donors (Lipinski definition) is 6. The van der Waals surface area contributed by atoms with E-state index in [0.29, 0.717) is 11.1 Å². The zero-order valence-corrected chi connectivity index (χ0v) is 24.7. The van der Waals surface area contributed by atoms with Crippen LogP contribution in [0.5, 0.6) is 0 Å². The molecule has 3 rings (SSSR count). The van der Waals surface area contributed by atoms with Gasteiger partial charge in [-0.1, -0.05) is 105 Å². The van der Waals surface area contributed by atoms with Crippen LogP contribution in [-0.2, 0) is 25.8 Å². The van der Waals surface area contributed by atoms with Crippen molar-refractivity contribution in [3.05, 3.63) is 108 Å². The highest BCUT2D eigenvalue weighted by molar-refractivity contribution is 5.90. The largest absolute Gasteiger partial charge is 0.445 e. The Kier molecular flexibility index (Phi) is 12.6. The quantitative estimate of drug-likeness (QED) is 0.140. The zero-order valence-electron chi connectivity index (χ0n) is 24.7. The molecule has 0 aliphatic heterocycles. The van der Waals surface area contributed by atoms with E-state index in [9.17, 15) is 34.8 Å². The summed E-state index contributed by atoms with van der Waals surface area (Å²) in [4.78, 5) is 44.0. The number of Topliss-reactive ketones (excluding diaryl/α,β-unsaturated/α-hetero) is 1. The number of ketones is 1. The minimum Gasteiger partial charge on any atom is -0.445 e. The van der Waals surface area contributed by atoms with Crippen LogP contribution in [0.2, 0.25) is 0 Å². The lowest BCUT2D eigenvalue weighted by Gasteiger charge is -2.41. The molecule has 5 atom stereocenters. The van der Waals surface area contributed by atoms with Crippen molar-refractivity contribution >= 4 is 17.8 Å². The lowest BCUT2D eigenvalue weighted by molar-refractivity contribution is -0.196. The fourth-order valence-corrected chi connectivity index (χ4v) is 5.23. The summed E-state index contributed by atoms with van der Waals surface area (Å²) in [5.74, 6) is -0.302. The Balaban J connectivity index is 1.94. The number of rotatable bonds is 15. The van der Waals surface area contributed by atoms with Gasteiger partial charge in [-0.15, -0.1) is 0 Å². The van der Waals surface area contributed by atoms with Crippen LogP contribution in [0, 0.1) is 11.8 Å². The third-order valence-electron chi connectivity index (χ3n) is 7.44. The number of carbonyl (C=O) groups excluding carboxylic acids is 3. The van der Waals surface area contributed by atoms with Gasteiger partial charge in [0.05, 0.1) is 30.6 Å². The van der Waals surface area contributed by atoms with Gasteiger partial charge in [0.1, 0.15) is 12.7 Å². The fourth-order valence-electron chi connectivity index (χ4n) is 5.23. The van der Waals surface area contributed by atoms with Crippen LogP contribution in [0.15, 0.2) is 91.0 Å². The number of aliphatic hydroxyl groups excluding tert-OH is 3. The molecule has 3 aromatic carbocycles. The van der Waals surface area contributed by atoms with Crippen molar-refractivity contribution in [1.29, 1.82) is 0 Å². The Hall–Kier alpha value is -4.13. The van der Waals surface area contributed by atoms with Crippen LogP contribution in [0.1, 0.15) is 42.9 Å². The number of benzene rings is 3. The number of ether oxygens (including phenoxy) is 1. The van der Waals surface area contributed by atoms with Gasteiger partial charge in [0, 0.05) is 0 Å². The van der Waals surface area contributed by atoms with E-state index in [1.165, 1.54) is 0 Å². The van der Waals surface area contributed by atoms with Gasteiger partial charge in [0.15, 0.2) is 5.78 Å². The number of carbonyl (C=O) groups is 3. The first kappa shape index (κ1) is 34.4. The van der Waals surface area contributed by atoms with Crippen molar-refractivity contribution in [2.75, 3.05) is 6.61 Å². The van der Waals surface area contributed by atoms with Crippen LogP contribution in [0.25, 0.3) is 0 Å².